The molecule has 2 saturated carbocycles. The van der Waals surface area contributed by atoms with E-state index in [2.05, 4.69) is 11.7 Å². The van der Waals surface area contributed by atoms with Crippen molar-refractivity contribution in [3.8, 4) is 0 Å². The lowest BCUT2D eigenvalue weighted by molar-refractivity contribution is -0.140. The Morgan fingerprint density at radius 2 is 1.90 bits per heavy atom. The number of hydrogen-bond donors (Lipinski definition) is 3. The van der Waals surface area contributed by atoms with Crippen LogP contribution in [0.3, 0.4) is 0 Å². The number of aliphatic hydroxyl groups is 3. The molecule has 0 aromatic rings. The fourth-order valence-corrected chi connectivity index (χ4v) is 4.89. The molecular weight excluding hydrogens is 368 g/mol. The van der Waals surface area contributed by atoms with Crippen molar-refractivity contribution in [1.82, 2.24) is 0 Å². The number of aliphatic hydroxyl groups excluding tert-OH is 3. The second kappa shape index (κ2) is 12.5. The molecule has 0 bridgehead atoms. The lowest BCUT2D eigenvalue weighted by Crippen LogP contribution is -2.22. The lowest BCUT2D eigenvalue weighted by atomic mass is 9.87. The minimum Gasteiger partial charge on any atom is -0.469 e. The first kappa shape index (κ1) is 24.1. The fraction of sp³-hybridized carbons (Fsp3) is 0.792. The average Bonchev–Trinajstić information content (AvgIpc) is 3.29. The van der Waals surface area contributed by atoms with E-state index < -0.39 is 18.3 Å². The Morgan fingerprint density at radius 3 is 2.59 bits per heavy atom. The van der Waals surface area contributed by atoms with Crippen LogP contribution in [-0.4, -0.2) is 46.7 Å². The number of methoxy groups -OCH3 is 1. The topological polar surface area (TPSA) is 87.0 Å². The summed E-state index contributed by atoms with van der Waals surface area (Å²) in [6.45, 7) is 2.10. The van der Waals surface area contributed by atoms with Gasteiger partial charge in [-0.2, -0.15) is 0 Å². The van der Waals surface area contributed by atoms with Crippen molar-refractivity contribution < 1.29 is 24.9 Å². The summed E-state index contributed by atoms with van der Waals surface area (Å²) in [7, 11) is 1.39. The molecule has 29 heavy (non-hydrogen) atoms. The van der Waals surface area contributed by atoms with E-state index in [0.29, 0.717) is 19.3 Å². The molecule has 166 valence electrons. The highest BCUT2D eigenvalue weighted by Gasteiger charge is 2.39. The van der Waals surface area contributed by atoms with Crippen molar-refractivity contribution in [3.05, 3.63) is 24.3 Å². The predicted molar refractivity (Wildman–Crippen MR) is 114 cm³/mol. The van der Waals surface area contributed by atoms with E-state index in [4.69, 9.17) is 0 Å². The third-order valence-electron chi connectivity index (χ3n) is 6.76. The molecule has 0 spiro atoms. The molecule has 2 aliphatic carbocycles. The van der Waals surface area contributed by atoms with E-state index in [9.17, 15) is 20.1 Å². The van der Waals surface area contributed by atoms with E-state index >= 15 is 0 Å². The number of unbranched alkanes of at least 4 members (excludes halogenated alkanes) is 1. The van der Waals surface area contributed by atoms with Gasteiger partial charge in [-0.1, -0.05) is 56.9 Å². The SMILES string of the molecule is COC(=O)CCC/C=C\C[C@@H]1[C@@H](/C=C/C(O)C(C)CC2CCCC2)[C@H](O)C[C@@H]1O. The van der Waals surface area contributed by atoms with E-state index in [1.54, 1.807) is 0 Å². The highest BCUT2D eigenvalue weighted by Crippen LogP contribution is 2.37. The fourth-order valence-electron chi connectivity index (χ4n) is 4.89. The van der Waals surface area contributed by atoms with Gasteiger partial charge in [-0.3, -0.25) is 4.79 Å². The Bertz CT molecular complexity index is 537. The van der Waals surface area contributed by atoms with Gasteiger partial charge in [0.2, 0.25) is 0 Å². The third-order valence-corrected chi connectivity index (χ3v) is 6.76. The quantitative estimate of drug-likeness (QED) is 0.275. The van der Waals surface area contributed by atoms with E-state index in [1.807, 2.05) is 24.3 Å². The van der Waals surface area contributed by atoms with Gasteiger partial charge in [-0.05, 0) is 43.4 Å². The first-order chi connectivity index (χ1) is 13.9. The Hall–Kier alpha value is -1.17. The summed E-state index contributed by atoms with van der Waals surface area (Å²) < 4.78 is 4.63. The van der Waals surface area contributed by atoms with Crippen molar-refractivity contribution >= 4 is 5.97 Å². The standard InChI is InChI=1S/C24H40O5/c1-17(15-18-9-7-8-10-18)21(25)14-13-20-19(22(26)16-23(20)27)11-5-3-4-6-12-24(28)29-2/h3,5,13-14,17-23,25-27H,4,6-12,15-16H2,1-2H3/b5-3-,14-13+/t17?,19-,20-,21?,22+,23-/m1/s1. The van der Waals surface area contributed by atoms with Crippen LogP contribution in [0.25, 0.3) is 0 Å². The summed E-state index contributed by atoms with van der Waals surface area (Å²) in [5.41, 5.74) is 0. The summed E-state index contributed by atoms with van der Waals surface area (Å²) in [6, 6.07) is 0. The molecule has 0 amide bonds. The zero-order valence-electron chi connectivity index (χ0n) is 18.1. The predicted octanol–water partition coefficient (Wildman–Crippen LogP) is 3.77. The Balaban J connectivity index is 1.81. The van der Waals surface area contributed by atoms with Gasteiger partial charge in [0.25, 0.3) is 0 Å². The summed E-state index contributed by atoms with van der Waals surface area (Å²) >= 11 is 0. The maximum absolute atomic E-state index is 11.1. The number of rotatable bonds is 11. The number of ether oxygens (including phenoxy) is 1. The van der Waals surface area contributed by atoms with Gasteiger partial charge in [0.1, 0.15) is 0 Å². The molecule has 2 aliphatic rings. The molecule has 5 nitrogen and oxygen atoms in total. The first-order valence-corrected chi connectivity index (χ1v) is 11.4. The van der Waals surface area contributed by atoms with Crippen LogP contribution in [-0.2, 0) is 9.53 Å². The van der Waals surface area contributed by atoms with Gasteiger partial charge < -0.3 is 20.1 Å². The van der Waals surface area contributed by atoms with Gasteiger partial charge in [0, 0.05) is 18.8 Å². The summed E-state index contributed by atoms with van der Waals surface area (Å²) in [5.74, 6) is 0.571. The monoisotopic (exact) mass is 408 g/mol. The molecule has 0 aromatic carbocycles. The molecule has 0 saturated heterocycles. The van der Waals surface area contributed by atoms with Crippen LogP contribution in [0.15, 0.2) is 24.3 Å². The second-order valence-corrected chi connectivity index (χ2v) is 9.03. The molecule has 5 heteroatoms. The molecule has 2 unspecified atom stereocenters. The molecule has 2 rings (SSSR count). The molecule has 0 aliphatic heterocycles. The van der Waals surface area contributed by atoms with Gasteiger partial charge in [0.05, 0.1) is 25.4 Å². The van der Waals surface area contributed by atoms with Crippen LogP contribution in [0.5, 0.6) is 0 Å². The van der Waals surface area contributed by atoms with Crippen LogP contribution >= 0.6 is 0 Å². The Labute approximate surface area is 175 Å². The van der Waals surface area contributed by atoms with Crippen LogP contribution in [0, 0.1) is 23.7 Å². The van der Waals surface area contributed by atoms with Crippen molar-refractivity contribution in [2.45, 2.75) is 89.4 Å². The average molecular weight is 409 g/mol. The normalized spacial score (nSPS) is 30.4. The number of carbonyl (C=O) groups excluding carboxylic acids is 1. The molecule has 3 N–H and O–H groups in total. The maximum Gasteiger partial charge on any atom is 0.305 e. The second-order valence-electron chi connectivity index (χ2n) is 9.03. The Morgan fingerprint density at radius 1 is 1.17 bits per heavy atom. The highest BCUT2D eigenvalue weighted by atomic mass is 16.5. The molecule has 6 atom stereocenters. The first-order valence-electron chi connectivity index (χ1n) is 11.4. The van der Waals surface area contributed by atoms with E-state index in [-0.39, 0.29) is 23.7 Å². The number of esters is 1. The minimum absolute atomic E-state index is 0.0459. The highest BCUT2D eigenvalue weighted by molar-refractivity contribution is 5.69. The molecular formula is C24H40O5. The van der Waals surface area contributed by atoms with Gasteiger partial charge in [0.15, 0.2) is 0 Å². The third kappa shape index (κ3) is 7.88. The van der Waals surface area contributed by atoms with Crippen LogP contribution in [0.1, 0.15) is 71.1 Å². The van der Waals surface area contributed by atoms with Crippen LogP contribution in [0.2, 0.25) is 0 Å². The van der Waals surface area contributed by atoms with Gasteiger partial charge in [-0.15, -0.1) is 0 Å². The van der Waals surface area contributed by atoms with Crippen LogP contribution in [0.4, 0.5) is 0 Å². The van der Waals surface area contributed by atoms with Gasteiger partial charge >= 0.3 is 5.97 Å². The van der Waals surface area contributed by atoms with Crippen molar-refractivity contribution in [2.75, 3.05) is 7.11 Å². The number of allylic oxidation sites excluding steroid dienone is 2. The maximum atomic E-state index is 11.1. The summed E-state index contributed by atoms with van der Waals surface area (Å²) in [5, 5.41) is 31.3. The summed E-state index contributed by atoms with van der Waals surface area (Å²) in [4.78, 5) is 11.1. The molecule has 0 radical (unpaired) electrons. The minimum atomic E-state index is -0.573. The van der Waals surface area contributed by atoms with Gasteiger partial charge in [-0.25, -0.2) is 0 Å². The van der Waals surface area contributed by atoms with Crippen molar-refractivity contribution in [2.24, 2.45) is 23.7 Å². The van der Waals surface area contributed by atoms with Crippen molar-refractivity contribution in [1.29, 1.82) is 0 Å². The van der Waals surface area contributed by atoms with Crippen LogP contribution < -0.4 is 0 Å². The molecule has 0 aromatic heterocycles. The summed E-state index contributed by atoms with van der Waals surface area (Å²) in [6.07, 6.45) is 15.4. The smallest absolute Gasteiger partial charge is 0.305 e. The van der Waals surface area contributed by atoms with E-state index in [0.717, 1.165) is 25.2 Å². The molecule has 2 fully saturated rings. The molecule has 0 heterocycles. The van der Waals surface area contributed by atoms with E-state index in [1.165, 1.54) is 32.8 Å². The zero-order valence-corrected chi connectivity index (χ0v) is 18.1. The Kier molecular flexibility index (Phi) is 10.4. The van der Waals surface area contributed by atoms with Crippen molar-refractivity contribution in [3.63, 3.8) is 0 Å². The largest absolute Gasteiger partial charge is 0.469 e. The lowest BCUT2D eigenvalue weighted by Gasteiger charge is -2.22. The number of carbonyl (C=O) groups is 1. The zero-order chi connectivity index (χ0) is 21.2. The number of hydrogen-bond acceptors (Lipinski definition) is 5.